The van der Waals surface area contributed by atoms with Gasteiger partial charge in [-0.15, -0.1) is 29.3 Å². The first-order chi connectivity index (χ1) is 21.4. The third-order valence-electron chi connectivity index (χ3n) is 6.81. The number of hydrogen-bond acceptors (Lipinski definition) is 7. The minimum Gasteiger partial charge on any atom is -0.298 e. The molecule has 6 aromatic rings. The van der Waals surface area contributed by atoms with E-state index in [1.54, 1.807) is 35.0 Å². The van der Waals surface area contributed by atoms with E-state index in [-0.39, 0.29) is 11.5 Å². The van der Waals surface area contributed by atoms with E-state index in [1.165, 1.54) is 34.4 Å². The molecule has 0 unspecified atom stereocenters. The number of nitrogens with one attached hydrogen (secondary N) is 1. The van der Waals surface area contributed by atoms with Crippen molar-refractivity contribution in [3.05, 3.63) is 139 Å². The van der Waals surface area contributed by atoms with Crippen molar-refractivity contribution in [3.8, 4) is 11.1 Å². The zero-order chi connectivity index (χ0) is 30.6. The van der Waals surface area contributed by atoms with Crippen LogP contribution in [0.4, 0.5) is 5.13 Å². The SMILES string of the molecule is C=CCn1c(SCc2ccc(C(=O)Nc3ncc(Cc4cccc(Cl)c4Cl)s3)cc2)nc2scc(-c3ccccc3)c2c1=O. The van der Waals surface area contributed by atoms with Crippen molar-refractivity contribution in [2.24, 2.45) is 0 Å². The Hall–Kier alpha value is -3.73. The van der Waals surface area contributed by atoms with Crippen molar-refractivity contribution in [1.29, 1.82) is 0 Å². The normalized spacial score (nSPS) is 11.1. The molecule has 6 rings (SSSR count). The Morgan fingerprint density at radius 1 is 1.05 bits per heavy atom. The molecular formula is C33H24Cl2N4O2S3. The van der Waals surface area contributed by atoms with E-state index < -0.39 is 0 Å². The van der Waals surface area contributed by atoms with Crippen LogP contribution in [0, 0.1) is 0 Å². The molecule has 0 aliphatic heterocycles. The molecule has 0 spiro atoms. The maximum Gasteiger partial charge on any atom is 0.263 e. The van der Waals surface area contributed by atoms with Crippen LogP contribution in [0.3, 0.4) is 0 Å². The second kappa shape index (κ2) is 13.5. The summed E-state index contributed by atoms with van der Waals surface area (Å²) < 4.78 is 1.67. The molecule has 3 heterocycles. The van der Waals surface area contributed by atoms with Crippen molar-refractivity contribution in [2.45, 2.75) is 23.9 Å². The van der Waals surface area contributed by atoms with E-state index in [4.69, 9.17) is 28.2 Å². The molecule has 1 amide bonds. The third-order valence-corrected chi connectivity index (χ3v) is 10.5. The van der Waals surface area contributed by atoms with Crippen molar-refractivity contribution in [3.63, 3.8) is 0 Å². The quantitative estimate of drug-likeness (QED) is 0.0890. The number of thiazole rings is 1. The number of nitrogens with zero attached hydrogens (tertiary/aromatic N) is 3. The first-order valence-electron chi connectivity index (χ1n) is 13.5. The fourth-order valence-corrected chi connectivity index (χ4v) is 7.80. The average Bonchev–Trinajstić information content (AvgIpc) is 3.67. The predicted octanol–water partition coefficient (Wildman–Crippen LogP) is 9.21. The highest BCUT2D eigenvalue weighted by molar-refractivity contribution is 7.98. The Labute approximate surface area is 276 Å². The minimum absolute atomic E-state index is 0.0782. The fourth-order valence-electron chi connectivity index (χ4n) is 4.63. The number of anilines is 1. The highest BCUT2D eigenvalue weighted by Crippen LogP contribution is 2.33. The zero-order valence-electron chi connectivity index (χ0n) is 23.1. The van der Waals surface area contributed by atoms with Gasteiger partial charge in [-0.3, -0.25) is 19.5 Å². The lowest BCUT2D eigenvalue weighted by Crippen LogP contribution is -2.22. The smallest absolute Gasteiger partial charge is 0.263 e. The summed E-state index contributed by atoms with van der Waals surface area (Å²) in [6.07, 6.45) is 4.01. The van der Waals surface area contributed by atoms with Gasteiger partial charge in [0, 0.05) is 46.3 Å². The zero-order valence-corrected chi connectivity index (χ0v) is 27.1. The molecule has 0 fully saturated rings. The van der Waals surface area contributed by atoms with Gasteiger partial charge in [0.1, 0.15) is 4.83 Å². The molecule has 0 aliphatic rings. The van der Waals surface area contributed by atoms with Gasteiger partial charge in [0.05, 0.1) is 15.4 Å². The van der Waals surface area contributed by atoms with Gasteiger partial charge in [0.25, 0.3) is 11.5 Å². The lowest BCUT2D eigenvalue weighted by Gasteiger charge is -2.11. The standard InChI is InChI=1S/C33H24Cl2N4O2S3/c1-2-15-39-31(41)27-25(21-7-4-3-5-8-21)19-42-30(27)38-33(39)43-18-20-11-13-22(14-12-20)29(40)37-32-36-17-24(44-32)16-23-9-6-10-26(34)28(23)35/h2-14,17,19H,1,15-16,18H2,(H,36,37,40). The monoisotopic (exact) mass is 674 g/mol. The summed E-state index contributed by atoms with van der Waals surface area (Å²) in [6, 6.07) is 22.8. The minimum atomic E-state index is -0.246. The van der Waals surface area contributed by atoms with Crippen LogP contribution in [0.5, 0.6) is 0 Å². The van der Waals surface area contributed by atoms with Crippen LogP contribution >= 0.6 is 57.6 Å². The number of thioether (sulfide) groups is 1. The lowest BCUT2D eigenvalue weighted by molar-refractivity contribution is 0.102. The van der Waals surface area contributed by atoms with E-state index in [9.17, 15) is 9.59 Å². The number of allylic oxidation sites excluding steroid dienone is 1. The van der Waals surface area contributed by atoms with Gasteiger partial charge in [-0.1, -0.05) is 95.6 Å². The molecule has 0 saturated heterocycles. The van der Waals surface area contributed by atoms with Crippen LogP contribution < -0.4 is 10.9 Å². The second-order valence-corrected chi connectivity index (χ2v) is 13.5. The summed E-state index contributed by atoms with van der Waals surface area (Å²) in [7, 11) is 0. The van der Waals surface area contributed by atoms with Crippen LogP contribution in [-0.2, 0) is 18.7 Å². The number of rotatable bonds is 10. The number of carbonyl (C=O) groups is 1. The predicted molar refractivity (Wildman–Crippen MR) is 185 cm³/mol. The van der Waals surface area contributed by atoms with Crippen molar-refractivity contribution < 1.29 is 4.79 Å². The highest BCUT2D eigenvalue weighted by Gasteiger charge is 2.17. The lowest BCUT2D eigenvalue weighted by atomic mass is 10.1. The molecule has 1 N–H and O–H groups in total. The largest absolute Gasteiger partial charge is 0.298 e. The Morgan fingerprint density at radius 3 is 2.61 bits per heavy atom. The molecule has 0 saturated carbocycles. The van der Waals surface area contributed by atoms with Gasteiger partial charge in [0.2, 0.25) is 0 Å². The molecule has 3 aromatic carbocycles. The van der Waals surface area contributed by atoms with Gasteiger partial charge in [0.15, 0.2) is 10.3 Å². The molecule has 0 atom stereocenters. The Balaban J connectivity index is 1.13. The summed E-state index contributed by atoms with van der Waals surface area (Å²) in [5.74, 6) is 0.334. The fraction of sp³-hybridized carbons (Fsp3) is 0.0909. The van der Waals surface area contributed by atoms with E-state index >= 15 is 0 Å². The Bertz CT molecular complexity index is 2040. The molecule has 6 nitrogen and oxygen atoms in total. The number of halogens is 2. The van der Waals surface area contributed by atoms with Crippen LogP contribution in [0.25, 0.3) is 21.3 Å². The number of hydrogen-bond donors (Lipinski definition) is 1. The average molecular weight is 676 g/mol. The highest BCUT2D eigenvalue weighted by atomic mass is 35.5. The number of thiophene rings is 1. The first-order valence-corrected chi connectivity index (χ1v) is 16.9. The van der Waals surface area contributed by atoms with Crippen LogP contribution in [0.15, 0.2) is 107 Å². The third kappa shape index (κ3) is 6.52. The molecular weight excluding hydrogens is 651 g/mol. The summed E-state index contributed by atoms with van der Waals surface area (Å²) in [5, 5.41) is 7.66. The first kappa shape index (κ1) is 30.3. The number of benzene rings is 3. The summed E-state index contributed by atoms with van der Waals surface area (Å²) in [6.45, 7) is 4.20. The maximum atomic E-state index is 13.6. The van der Waals surface area contributed by atoms with Crippen LogP contribution in [-0.4, -0.2) is 20.4 Å². The van der Waals surface area contributed by atoms with E-state index in [0.29, 0.717) is 54.8 Å². The van der Waals surface area contributed by atoms with Crippen molar-refractivity contribution >= 4 is 78.9 Å². The van der Waals surface area contributed by atoms with Gasteiger partial charge >= 0.3 is 0 Å². The number of fused-ring (bicyclic) bond motifs is 1. The summed E-state index contributed by atoms with van der Waals surface area (Å²) in [5.41, 5.74) is 4.22. The van der Waals surface area contributed by atoms with Crippen LogP contribution in [0.1, 0.15) is 26.4 Å². The van der Waals surface area contributed by atoms with Crippen molar-refractivity contribution in [2.75, 3.05) is 5.32 Å². The Morgan fingerprint density at radius 2 is 1.84 bits per heavy atom. The molecule has 0 aliphatic carbocycles. The van der Waals surface area contributed by atoms with E-state index in [1.807, 2.05) is 60.0 Å². The molecule has 11 heteroatoms. The molecule has 3 aromatic heterocycles. The van der Waals surface area contributed by atoms with Gasteiger partial charge < -0.3 is 0 Å². The summed E-state index contributed by atoms with van der Waals surface area (Å²) in [4.78, 5) is 37.4. The van der Waals surface area contributed by atoms with E-state index in [0.717, 1.165) is 27.1 Å². The van der Waals surface area contributed by atoms with Crippen LogP contribution in [0.2, 0.25) is 10.0 Å². The maximum absolute atomic E-state index is 13.6. The second-order valence-electron chi connectivity index (χ2n) is 9.76. The molecule has 220 valence electrons. The summed E-state index contributed by atoms with van der Waals surface area (Å²) >= 11 is 16.8. The number of carbonyl (C=O) groups excluding carboxylic acids is 1. The Kier molecular flexibility index (Phi) is 9.30. The molecule has 0 radical (unpaired) electrons. The van der Waals surface area contributed by atoms with E-state index in [2.05, 4.69) is 16.9 Å². The molecule has 0 bridgehead atoms. The molecule has 44 heavy (non-hydrogen) atoms. The van der Waals surface area contributed by atoms with Gasteiger partial charge in [-0.25, -0.2) is 9.97 Å². The topological polar surface area (TPSA) is 76.9 Å². The van der Waals surface area contributed by atoms with Crippen molar-refractivity contribution in [1.82, 2.24) is 14.5 Å². The van der Waals surface area contributed by atoms with Gasteiger partial charge in [-0.2, -0.15) is 0 Å². The number of amides is 1. The van der Waals surface area contributed by atoms with Gasteiger partial charge in [-0.05, 0) is 34.9 Å². The number of aromatic nitrogens is 3.